The summed E-state index contributed by atoms with van der Waals surface area (Å²) in [6.45, 7) is 1.50. The monoisotopic (exact) mass is 431 g/mol. The van der Waals surface area contributed by atoms with Crippen LogP contribution in [-0.4, -0.2) is 48.9 Å². The van der Waals surface area contributed by atoms with Gasteiger partial charge in [-0.3, -0.25) is 10.1 Å². The number of non-ortho nitro benzene ring substituents is 1. The molecular formula is C19H17N3O5S2. The summed E-state index contributed by atoms with van der Waals surface area (Å²) in [5.41, 5.74) is 2.14. The molecule has 0 spiro atoms. The molecule has 0 radical (unpaired) electrons. The van der Waals surface area contributed by atoms with Gasteiger partial charge in [-0.05, 0) is 12.1 Å². The lowest BCUT2D eigenvalue weighted by atomic mass is 10.2. The summed E-state index contributed by atoms with van der Waals surface area (Å²) >= 11 is 1.38. The fourth-order valence-corrected chi connectivity index (χ4v) is 5.26. The van der Waals surface area contributed by atoms with Crippen LogP contribution >= 0.6 is 11.3 Å². The maximum Gasteiger partial charge on any atom is 0.270 e. The highest BCUT2D eigenvalue weighted by molar-refractivity contribution is 7.89. The van der Waals surface area contributed by atoms with Gasteiger partial charge in [0.15, 0.2) is 0 Å². The van der Waals surface area contributed by atoms with Crippen LogP contribution in [0.15, 0.2) is 58.8 Å². The average Bonchev–Trinajstić information content (AvgIpc) is 3.25. The Morgan fingerprint density at radius 2 is 1.79 bits per heavy atom. The van der Waals surface area contributed by atoms with Crippen molar-refractivity contribution in [2.45, 2.75) is 4.90 Å². The zero-order valence-electron chi connectivity index (χ0n) is 15.2. The maximum atomic E-state index is 12.7. The van der Waals surface area contributed by atoms with Crippen molar-refractivity contribution in [2.24, 2.45) is 0 Å². The minimum atomic E-state index is -3.54. The van der Waals surface area contributed by atoms with Gasteiger partial charge in [-0.2, -0.15) is 4.31 Å². The maximum absolute atomic E-state index is 12.7. The summed E-state index contributed by atoms with van der Waals surface area (Å²) in [4.78, 5) is 15.3. The second kappa shape index (κ2) is 7.99. The van der Waals surface area contributed by atoms with Crippen LogP contribution in [0.5, 0.6) is 0 Å². The van der Waals surface area contributed by atoms with E-state index in [0.717, 1.165) is 5.56 Å². The molecule has 2 aromatic carbocycles. The van der Waals surface area contributed by atoms with E-state index < -0.39 is 14.9 Å². The van der Waals surface area contributed by atoms with Gasteiger partial charge in [0.05, 0.1) is 28.7 Å². The van der Waals surface area contributed by atoms with Crippen molar-refractivity contribution in [2.75, 3.05) is 26.3 Å². The van der Waals surface area contributed by atoms with Crippen LogP contribution in [0, 0.1) is 10.1 Å². The molecule has 1 aliphatic heterocycles. The number of hydrogen-bond donors (Lipinski definition) is 0. The number of thiazole rings is 1. The van der Waals surface area contributed by atoms with Crippen molar-refractivity contribution in [3.05, 3.63) is 64.0 Å². The van der Waals surface area contributed by atoms with E-state index in [1.165, 1.54) is 27.8 Å². The predicted octanol–water partition coefficient (Wildman–Crippen LogP) is 3.41. The number of benzene rings is 2. The van der Waals surface area contributed by atoms with Crippen LogP contribution in [0.4, 0.5) is 5.69 Å². The Balaban J connectivity index is 1.57. The summed E-state index contributed by atoms with van der Waals surface area (Å²) < 4.78 is 32.1. The standard InChI is InChI=1S/C19H17N3O5S2/c23-22(24)16-3-1-2-15(12-16)19-20-18(13-28-19)14-4-6-17(7-5-14)29(25,26)21-8-10-27-11-9-21/h1-7,12-13H,8-11H2. The van der Waals surface area contributed by atoms with Crippen molar-refractivity contribution in [1.29, 1.82) is 0 Å². The second-order valence-electron chi connectivity index (χ2n) is 6.39. The molecule has 29 heavy (non-hydrogen) atoms. The number of aromatic nitrogens is 1. The van der Waals surface area contributed by atoms with Gasteiger partial charge in [-0.25, -0.2) is 13.4 Å². The highest BCUT2D eigenvalue weighted by Gasteiger charge is 2.26. The van der Waals surface area contributed by atoms with Gasteiger partial charge in [0.25, 0.3) is 5.69 Å². The molecule has 0 amide bonds. The van der Waals surface area contributed by atoms with Gasteiger partial charge in [-0.1, -0.05) is 24.3 Å². The molecule has 1 fully saturated rings. The van der Waals surface area contributed by atoms with E-state index in [-0.39, 0.29) is 10.6 Å². The largest absolute Gasteiger partial charge is 0.379 e. The molecule has 0 atom stereocenters. The Labute approximate surface area is 171 Å². The molecule has 8 nitrogen and oxygen atoms in total. The number of morpholine rings is 1. The lowest BCUT2D eigenvalue weighted by Crippen LogP contribution is -2.40. The minimum absolute atomic E-state index is 0.0110. The fourth-order valence-electron chi connectivity index (χ4n) is 3.03. The average molecular weight is 431 g/mol. The van der Waals surface area contributed by atoms with E-state index >= 15 is 0 Å². The number of sulfonamides is 1. The van der Waals surface area contributed by atoms with Crippen molar-refractivity contribution in [3.63, 3.8) is 0 Å². The predicted molar refractivity (Wildman–Crippen MR) is 109 cm³/mol. The Hall–Kier alpha value is -2.66. The second-order valence-corrected chi connectivity index (χ2v) is 9.18. The van der Waals surface area contributed by atoms with Crippen LogP contribution in [0.1, 0.15) is 0 Å². The van der Waals surface area contributed by atoms with Gasteiger partial charge in [-0.15, -0.1) is 11.3 Å². The third kappa shape index (κ3) is 4.06. The third-order valence-electron chi connectivity index (χ3n) is 4.57. The number of hydrogen-bond acceptors (Lipinski definition) is 7. The number of ether oxygens (including phenoxy) is 1. The quantitative estimate of drug-likeness (QED) is 0.453. The van der Waals surface area contributed by atoms with E-state index in [1.807, 2.05) is 5.38 Å². The summed E-state index contributed by atoms with van der Waals surface area (Å²) in [6.07, 6.45) is 0. The highest BCUT2D eigenvalue weighted by Crippen LogP contribution is 2.31. The third-order valence-corrected chi connectivity index (χ3v) is 7.37. The highest BCUT2D eigenvalue weighted by atomic mass is 32.2. The first kappa shape index (κ1) is 19.6. The van der Waals surface area contributed by atoms with E-state index in [1.54, 1.807) is 36.4 Å². The van der Waals surface area contributed by atoms with E-state index in [9.17, 15) is 18.5 Å². The fraction of sp³-hybridized carbons (Fsp3) is 0.211. The van der Waals surface area contributed by atoms with Crippen LogP contribution in [0.3, 0.4) is 0 Å². The summed E-state index contributed by atoms with van der Waals surface area (Å²) in [5, 5.41) is 13.5. The van der Waals surface area contributed by atoms with Crippen molar-refractivity contribution in [3.8, 4) is 21.8 Å². The van der Waals surface area contributed by atoms with Crippen LogP contribution < -0.4 is 0 Å². The first-order valence-corrected chi connectivity index (χ1v) is 11.2. The Morgan fingerprint density at radius 3 is 2.48 bits per heavy atom. The molecule has 10 heteroatoms. The Kier molecular flexibility index (Phi) is 5.41. The first-order valence-electron chi connectivity index (χ1n) is 8.84. The zero-order valence-corrected chi connectivity index (χ0v) is 16.9. The first-order chi connectivity index (χ1) is 13.9. The Morgan fingerprint density at radius 1 is 1.07 bits per heavy atom. The van der Waals surface area contributed by atoms with Gasteiger partial charge in [0, 0.05) is 41.7 Å². The summed E-state index contributed by atoms with van der Waals surface area (Å²) in [5.74, 6) is 0. The topological polar surface area (TPSA) is 103 Å². The smallest absolute Gasteiger partial charge is 0.270 e. The van der Waals surface area contributed by atoms with Crippen LogP contribution in [-0.2, 0) is 14.8 Å². The minimum Gasteiger partial charge on any atom is -0.379 e. The molecule has 150 valence electrons. The van der Waals surface area contributed by atoms with Gasteiger partial charge >= 0.3 is 0 Å². The lowest BCUT2D eigenvalue weighted by Gasteiger charge is -2.26. The number of nitro groups is 1. The molecule has 3 aromatic rings. The number of nitro benzene ring substituents is 1. The molecule has 0 aliphatic carbocycles. The molecule has 1 aromatic heterocycles. The molecule has 0 bridgehead atoms. The van der Waals surface area contributed by atoms with Crippen LogP contribution in [0.2, 0.25) is 0 Å². The van der Waals surface area contributed by atoms with Gasteiger partial charge < -0.3 is 4.74 Å². The van der Waals surface area contributed by atoms with Crippen molar-refractivity contribution in [1.82, 2.24) is 9.29 Å². The van der Waals surface area contributed by atoms with Gasteiger partial charge in [0.2, 0.25) is 10.0 Å². The van der Waals surface area contributed by atoms with E-state index in [0.29, 0.717) is 42.6 Å². The van der Waals surface area contributed by atoms with Crippen LogP contribution in [0.25, 0.3) is 21.8 Å². The molecular weight excluding hydrogens is 414 g/mol. The molecule has 1 aliphatic rings. The number of rotatable bonds is 5. The molecule has 0 N–H and O–H groups in total. The molecule has 1 saturated heterocycles. The van der Waals surface area contributed by atoms with Crippen molar-refractivity contribution >= 4 is 27.0 Å². The van der Waals surface area contributed by atoms with Gasteiger partial charge in [0.1, 0.15) is 5.01 Å². The normalized spacial score (nSPS) is 15.3. The van der Waals surface area contributed by atoms with E-state index in [2.05, 4.69) is 4.98 Å². The zero-order chi connectivity index (χ0) is 20.4. The molecule has 2 heterocycles. The Bertz CT molecular complexity index is 1140. The SMILES string of the molecule is O=[N+]([O-])c1cccc(-c2nc(-c3ccc(S(=O)(=O)N4CCOCC4)cc3)cs2)c1. The lowest BCUT2D eigenvalue weighted by molar-refractivity contribution is -0.384. The van der Waals surface area contributed by atoms with E-state index in [4.69, 9.17) is 4.74 Å². The summed E-state index contributed by atoms with van der Waals surface area (Å²) in [6, 6.07) is 12.9. The molecule has 0 saturated carbocycles. The molecule has 0 unspecified atom stereocenters. The number of nitrogens with zero attached hydrogens (tertiary/aromatic N) is 3. The molecule has 4 rings (SSSR count). The van der Waals surface area contributed by atoms with Crippen molar-refractivity contribution < 1.29 is 18.1 Å². The summed E-state index contributed by atoms with van der Waals surface area (Å²) in [7, 11) is -3.54.